The van der Waals surface area contributed by atoms with Crippen molar-refractivity contribution in [1.82, 2.24) is 47.3 Å². The molecule has 0 aromatic carbocycles. The number of nitrogens with zero attached hydrogens (tertiary/aromatic N) is 9. The Morgan fingerprint density at radius 1 is 0.424 bits per heavy atom. The van der Waals surface area contributed by atoms with Crippen molar-refractivity contribution in [2.24, 2.45) is 0 Å². The van der Waals surface area contributed by atoms with Crippen molar-refractivity contribution in [2.45, 2.75) is 177 Å². The number of nitrogens with two attached hydrogens (primary N) is 2. The van der Waals surface area contributed by atoms with Gasteiger partial charge in [-0.3, -0.25) is 83.3 Å². The van der Waals surface area contributed by atoms with Gasteiger partial charge >= 0.3 is 44.8 Å². The predicted molar refractivity (Wildman–Crippen MR) is 391 cm³/mol. The van der Waals surface area contributed by atoms with Gasteiger partial charge < -0.3 is 113 Å². The number of anilines is 2. The zero-order valence-corrected chi connectivity index (χ0v) is 66.6. The molecule has 13 rings (SSSR count). The number of aromatic nitrogens is 10. The molecule has 50 nitrogen and oxygen atoms in total. The standard InChI is InChI=1S/C63H81N12O38P5/c1-28-56(82)32(77)5-10-70(28)50-17-38(110-114(88,89)98-22-43-36(81)15-49(104-43)74-14-9-48(64)67-63(74)87)45(106-50)24-100-116(92,93)112-40-19-52(72-12-7-34(79)58(84)30(72)3)108-47(40)26-102-118(96,97)113-41-20-53(73-13-8-35(80)59(85)31(73)4)107-46(41)25-101-117(94,95)111-39-18-51(71-11-6-33(78)57(83)29(71)2)105-44(39)23-99-115(90,91)109-37-16-54(103-42(37)21-76)75-27-66-55-60(75)68-62(65)69-61(55)86/h5-14,27,36-47,49-54,76,81-85H,15-26H2,1-4H3,(H,88,89)(H,90,91)(H,92,93)(H,94,95)(H,96,97)(H2,64,67,87)(H3,65,68,69,86)/t36-,37-,38-,39-,40-,41-,42+,43+,44+,45+,46+,47+,49+,50+,51+,52+,53+,54+/m0/s1. The van der Waals surface area contributed by atoms with E-state index in [1.165, 1.54) is 93.9 Å². The lowest BCUT2D eigenvalue weighted by Crippen LogP contribution is -2.32. The maximum absolute atomic E-state index is 14.4. The first-order chi connectivity index (χ1) is 55.5. The van der Waals surface area contributed by atoms with Gasteiger partial charge in [-0.1, -0.05) is 0 Å². The molecule has 118 heavy (non-hydrogen) atoms. The van der Waals surface area contributed by atoms with Crippen molar-refractivity contribution in [1.29, 1.82) is 0 Å². The normalized spacial score (nSPS) is 29.9. The molecule has 0 saturated carbocycles. The van der Waals surface area contributed by atoms with Crippen LogP contribution >= 0.6 is 39.1 Å². The summed E-state index contributed by atoms with van der Waals surface area (Å²) >= 11 is 0. The maximum atomic E-state index is 14.4. The molecule has 55 heteroatoms. The van der Waals surface area contributed by atoms with Gasteiger partial charge in [0.05, 0.1) is 74.8 Å². The zero-order valence-electron chi connectivity index (χ0n) is 62.1. The van der Waals surface area contributed by atoms with E-state index in [0.717, 1.165) is 28.8 Å². The second-order valence-electron chi connectivity index (χ2n) is 27.9. The highest BCUT2D eigenvalue weighted by atomic mass is 31.2. The number of aromatic amines is 1. The first-order valence-corrected chi connectivity index (χ1v) is 43.2. The van der Waals surface area contributed by atoms with Gasteiger partial charge in [-0.25, -0.2) is 32.6 Å². The van der Waals surface area contributed by atoms with E-state index in [0.29, 0.717) is 0 Å². The maximum Gasteiger partial charge on any atom is 0.472 e. The lowest BCUT2D eigenvalue weighted by atomic mass is 10.2. The average Bonchev–Trinajstić information content (AvgIpc) is 1.64. The predicted octanol–water partition coefficient (Wildman–Crippen LogP) is 0.634. The number of aliphatic hydroxyl groups is 2. The van der Waals surface area contributed by atoms with E-state index < -0.39 is 271 Å². The van der Waals surface area contributed by atoms with Gasteiger partial charge in [0.25, 0.3) is 5.56 Å². The van der Waals surface area contributed by atoms with Crippen LogP contribution in [0, 0.1) is 27.7 Å². The summed E-state index contributed by atoms with van der Waals surface area (Å²) in [6.45, 7) is -0.594. The van der Waals surface area contributed by atoms with Crippen LogP contribution in [-0.4, -0.2) is 215 Å². The minimum Gasteiger partial charge on any atom is -0.503 e. The fourth-order valence-electron chi connectivity index (χ4n) is 14.2. The second kappa shape index (κ2) is 34.9. The number of phosphoric ester groups is 5. The number of ether oxygens (including phenoxy) is 6. The molecule has 6 aliphatic heterocycles. The van der Waals surface area contributed by atoms with E-state index in [1.54, 1.807) is 0 Å². The summed E-state index contributed by atoms with van der Waals surface area (Å²) < 4.78 is 169. The Bertz CT molecular complexity index is 5570. The van der Waals surface area contributed by atoms with Crippen LogP contribution in [0.4, 0.5) is 11.8 Å². The van der Waals surface area contributed by atoms with Gasteiger partial charge in [-0.15, -0.1) is 0 Å². The van der Waals surface area contributed by atoms with E-state index in [-0.39, 0.29) is 58.5 Å². The van der Waals surface area contributed by atoms with Crippen molar-refractivity contribution in [3.05, 3.63) is 152 Å². The molecule has 0 bridgehead atoms. The number of hydrogen-bond donors (Lipinski definition) is 14. The number of nitrogen functional groups attached to an aromatic ring is 2. The first kappa shape index (κ1) is 87.9. The van der Waals surface area contributed by atoms with E-state index in [1.807, 2.05) is 0 Å². The van der Waals surface area contributed by atoms with Gasteiger partial charge in [-0.2, -0.15) is 9.97 Å². The third-order valence-electron chi connectivity index (χ3n) is 20.2. The first-order valence-electron chi connectivity index (χ1n) is 35.7. The van der Waals surface area contributed by atoms with Crippen LogP contribution in [-0.2, 0) is 96.5 Å². The lowest BCUT2D eigenvalue weighted by molar-refractivity contribution is -0.0652. The molecule has 5 unspecified atom stereocenters. The fraction of sp³-hybridized carbons (Fsp3) is 0.540. The van der Waals surface area contributed by atoms with Crippen LogP contribution in [0.5, 0.6) is 23.0 Å². The summed E-state index contributed by atoms with van der Waals surface area (Å²) in [5.74, 6) is -3.31. The summed E-state index contributed by atoms with van der Waals surface area (Å²) in [7, 11) is -27.3. The van der Waals surface area contributed by atoms with E-state index >= 15 is 0 Å². The number of fused-ring (bicyclic) bond motifs is 1. The average molecular weight is 1770 g/mol. The summed E-state index contributed by atoms with van der Waals surface area (Å²) in [5, 5.41) is 63.6. The quantitative estimate of drug-likeness (QED) is 0.0257. The van der Waals surface area contributed by atoms with Crippen LogP contribution < -0.4 is 44.4 Å². The number of aliphatic hydroxyl groups excluding tert-OH is 2. The number of phosphoric acid groups is 5. The van der Waals surface area contributed by atoms with Crippen molar-refractivity contribution in [3.8, 4) is 23.0 Å². The van der Waals surface area contributed by atoms with Crippen molar-refractivity contribution in [2.75, 3.05) is 51.1 Å². The van der Waals surface area contributed by atoms with E-state index in [9.17, 15) is 107 Å². The molecule has 646 valence electrons. The molecule has 7 aromatic rings. The smallest absolute Gasteiger partial charge is 0.472 e. The third-order valence-corrected chi connectivity index (χ3v) is 25.3. The minimum atomic E-state index is -5.62. The molecule has 6 saturated heterocycles. The van der Waals surface area contributed by atoms with E-state index in [4.69, 9.17) is 85.1 Å². The Balaban J connectivity index is 0.694. The monoisotopic (exact) mass is 1770 g/mol. The number of pyridine rings is 4. The Kier molecular flexibility index (Phi) is 26.0. The number of aromatic hydroxyl groups is 4. The number of H-pyrrole nitrogens is 1. The third kappa shape index (κ3) is 19.7. The van der Waals surface area contributed by atoms with Crippen molar-refractivity contribution < 1.29 is 152 Å². The van der Waals surface area contributed by atoms with Crippen LogP contribution in [0.15, 0.2) is 96.4 Å². The number of imidazole rings is 1. The summed E-state index contributed by atoms with van der Waals surface area (Å²) in [4.78, 5) is 146. The topological polar surface area (TPSA) is 694 Å². The molecular formula is C63H81N12O38P5. The number of nitrogens with one attached hydrogen (secondary N) is 1. The minimum absolute atomic E-state index is 0.0376. The SMILES string of the molecule is Cc1c(O)c(=O)ccn1[C@H]1C[C@H](OP(=O)(O)OC[C@H]2O[C@@H](n3ccc(=O)c(O)c3C)C[C@@H]2OP(=O)(O)OC[C@H]2O[C@@H](n3ccc(N)nc3=O)C[C@@H]2O)[C@@H](COP(=O)(O)O[C@H]2C[C@H](n3ccc(=O)c(O)c3C)O[C@@H]2COP(=O)(O)O[C@H]2C[C@H](n3ccc(=O)c(O)c3C)O[C@@H]2COP(=O)(O)O[C@H]2C[C@H](n3cnc4c(=O)[nH]c(N)nc43)O[C@@H]2CO)O1. The highest BCUT2D eigenvalue weighted by Crippen LogP contribution is 2.57. The molecular weight excluding hydrogens is 1690 g/mol. The van der Waals surface area contributed by atoms with Crippen LogP contribution in [0.2, 0.25) is 0 Å². The molecule has 0 radical (unpaired) electrons. The highest BCUT2D eigenvalue weighted by molar-refractivity contribution is 7.48. The summed E-state index contributed by atoms with van der Waals surface area (Å²) in [5.41, 5.74) is 6.03. The molecule has 0 aliphatic carbocycles. The molecule has 6 aliphatic rings. The van der Waals surface area contributed by atoms with Gasteiger partial charge in [0.2, 0.25) is 27.7 Å². The zero-order chi connectivity index (χ0) is 85.2. The molecule has 16 N–H and O–H groups in total. The molecule has 6 fully saturated rings. The molecule has 7 aromatic heterocycles. The van der Waals surface area contributed by atoms with Crippen molar-refractivity contribution >= 4 is 62.0 Å². The Labute approximate surface area is 661 Å². The van der Waals surface area contributed by atoms with Crippen LogP contribution in [0.1, 0.15) is 98.7 Å². The van der Waals surface area contributed by atoms with E-state index in [2.05, 4.69) is 19.9 Å². The molecule has 13 heterocycles. The van der Waals surface area contributed by atoms with Crippen LogP contribution in [0.25, 0.3) is 11.2 Å². The summed E-state index contributed by atoms with van der Waals surface area (Å²) in [6.07, 6.45) is -21.8. The molecule has 23 atom stereocenters. The highest BCUT2D eigenvalue weighted by Gasteiger charge is 2.51. The molecule has 0 spiro atoms. The summed E-state index contributed by atoms with van der Waals surface area (Å²) in [6, 6.07) is 5.12. The largest absolute Gasteiger partial charge is 0.503 e. The Morgan fingerprint density at radius 3 is 1.04 bits per heavy atom. The Hall–Kier alpha value is -7.94. The lowest BCUT2D eigenvalue weighted by Gasteiger charge is -2.26. The van der Waals surface area contributed by atoms with Crippen LogP contribution in [0.3, 0.4) is 0 Å². The van der Waals surface area contributed by atoms with Gasteiger partial charge in [0, 0.05) is 93.8 Å². The fourth-order valence-corrected chi connectivity index (χ4v) is 19.0. The number of hydrogen-bond acceptors (Lipinski definition) is 38. The van der Waals surface area contributed by atoms with Gasteiger partial charge in [0.1, 0.15) is 110 Å². The van der Waals surface area contributed by atoms with Crippen molar-refractivity contribution in [3.63, 3.8) is 0 Å². The second-order valence-corrected chi connectivity index (χ2v) is 34.9. The number of rotatable bonds is 32. The Morgan fingerprint density at radius 2 is 0.712 bits per heavy atom. The van der Waals surface area contributed by atoms with Gasteiger partial charge in [-0.05, 0) is 33.8 Å². The molecule has 0 amide bonds. The van der Waals surface area contributed by atoms with Gasteiger partial charge in [0.15, 0.2) is 34.2 Å².